The van der Waals surface area contributed by atoms with E-state index in [1.807, 2.05) is 48.5 Å². The summed E-state index contributed by atoms with van der Waals surface area (Å²) in [5, 5.41) is 4.39. The molecule has 4 aromatic rings. The number of anilines is 1. The number of aromatic nitrogens is 3. The third-order valence-electron chi connectivity index (χ3n) is 5.10. The molecule has 0 bridgehead atoms. The van der Waals surface area contributed by atoms with Gasteiger partial charge >= 0.3 is 0 Å². The summed E-state index contributed by atoms with van der Waals surface area (Å²) in [5.41, 5.74) is 2.30. The van der Waals surface area contributed by atoms with E-state index >= 15 is 0 Å². The molecule has 1 aliphatic rings. The van der Waals surface area contributed by atoms with Crippen molar-refractivity contribution in [2.75, 3.05) is 18.1 Å². The second-order valence-corrected chi connectivity index (χ2v) is 8.06. The zero-order valence-electron chi connectivity index (χ0n) is 17.0. The monoisotopic (exact) mass is 442 g/mol. The van der Waals surface area contributed by atoms with Crippen molar-refractivity contribution >= 4 is 33.5 Å². The van der Waals surface area contributed by atoms with Crippen molar-refractivity contribution in [3.63, 3.8) is 0 Å². The normalized spacial score (nSPS) is 14.6. The molecule has 0 fully saturated rings. The maximum atomic E-state index is 13.2. The fourth-order valence-electron chi connectivity index (χ4n) is 3.67. The maximum absolute atomic E-state index is 13.2. The van der Waals surface area contributed by atoms with Gasteiger partial charge in [-0.1, -0.05) is 48.3 Å². The molecule has 1 amide bonds. The molecular weight excluding hydrogens is 424 g/mol. The van der Waals surface area contributed by atoms with E-state index in [-0.39, 0.29) is 11.5 Å². The molecule has 0 N–H and O–H groups in total. The van der Waals surface area contributed by atoms with Crippen molar-refractivity contribution in [1.82, 2.24) is 14.6 Å². The molecule has 158 valence electrons. The molecule has 0 aliphatic carbocycles. The summed E-state index contributed by atoms with van der Waals surface area (Å²) in [7, 11) is 0. The summed E-state index contributed by atoms with van der Waals surface area (Å²) in [6, 6.07) is 14.7. The van der Waals surface area contributed by atoms with Crippen LogP contribution in [0.3, 0.4) is 0 Å². The minimum atomic E-state index is -0.353. The Bertz CT molecular complexity index is 1480. The number of rotatable bonds is 6. The smallest absolute Gasteiger partial charge is 0.291 e. The first-order chi connectivity index (χ1) is 15.6. The molecule has 32 heavy (non-hydrogen) atoms. The molecule has 0 spiro atoms. The number of benzene rings is 2. The quantitative estimate of drug-likeness (QED) is 0.429. The Morgan fingerprint density at radius 2 is 1.81 bits per heavy atom. The number of thiazole rings is 1. The third-order valence-corrected chi connectivity index (χ3v) is 6.13. The summed E-state index contributed by atoms with van der Waals surface area (Å²) in [6.45, 7) is 8.15. The number of carbonyl (C=O) groups excluding carboxylic acids is 1. The zero-order valence-corrected chi connectivity index (χ0v) is 17.8. The molecule has 0 saturated heterocycles. The van der Waals surface area contributed by atoms with E-state index in [0.717, 1.165) is 16.8 Å². The minimum Gasteiger partial charge on any atom is -0.490 e. The maximum Gasteiger partial charge on any atom is 0.291 e. The molecule has 0 radical (unpaired) electrons. The van der Waals surface area contributed by atoms with E-state index in [4.69, 9.17) is 4.74 Å². The summed E-state index contributed by atoms with van der Waals surface area (Å²) in [5.74, 6) is 0.926. The van der Waals surface area contributed by atoms with Crippen molar-refractivity contribution in [2.24, 2.45) is 0 Å². The van der Waals surface area contributed by atoms with Gasteiger partial charge in [0.2, 0.25) is 4.96 Å². The Labute approximate surface area is 187 Å². The number of hydrogen-bond acceptors (Lipinski definition) is 6. The van der Waals surface area contributed by atoms with Crippen molar-refractivity contribution in [3.05, 3.63) is 94.3 Å². The summed E-state index contributed by atoms with van der Waals surface area (Å²) in [4.78, 5) is 32.9. The van der Waals surface area contributed by atoms with E-state index in [1.165, 1.54) is 15.9 Å². The van der Waals surface area contributed by atoms with Gasteiger partial charge in [-0.25, -0.2) is 0 Å². The Kier molecular flexibility index (Phi) is 4.91. The van der Waals surface area contributed by atoms with Crippen LogP contribution in [0.15, 0.2) is 78.6 Å². The van der Waals surface area contributed by atoms with Crippen LogP contribution in [0.1, 0.15) is 5.56 Å². The lowest BCUT2D eigenvalue weighted by Crippen LogP contribution is -2.32. The molecule has 0 unspecified atom stereocenters. The minimum absolute atomic E-state index is 0.219. The zero-order chi connectivity index (χ0) is 22.2. The predicted octanol–water partition coefficient (Wildman–Crippen LogP) is 2.83. The standard InChI is InChI=1S/C24H18N4O3S/c1-3-13-27-18-8-6-5-7-17(18)19(22(27)29)20-23(30)28-24(32-20)25-21(26-28)15-9-11-16(12-10-15)31-14-4-2/h3-12H,1-2,13-14H2. The van der Waals surface area contributed by atoms with Gasteiger partial charge in [0.15, 0.2) is 5.82 Å². The molecule has 2 aromatic carbocycles. The predicted molar refractivity (Wildman–Crippen MR) is 125 cm³/mol. The Balaban J connectivity index is 1.60. The van der Waals surface area contributed by atoms with Gasteiger partial charge in [-0.3, -0.25) is 9.59 Å². The van der Waals surface area contributed by atoms with E-state index in [2.05, 4.69) is 23.2 Å². The average molecular weight is 443 g/mol. The Morgan fingerprint density at radius 3 is 2.53 bits per heavy atom. The van der Waals surface area contributed by atoms with E-state index < -0.39 is 0 Å². The highest BCUT2D eigenvalue weighted by Crippen LogP contribution is 2.35. The topological polar surface area (TPSA) is 76.8 Å². The van der Waals surface area contributed by atoms with Crippen molar-refractivity contribution < 1.29 is 9.53 Å². The van der Waals surface area contributed by atoms with Crippen molar-refractivity contribution in [3.8, 4) is 17.1 Å². The number of nitrogens with zero attached hydrogens (tertiary/aromatic N) is 4. The Hall–Kier alpha value is -4.04. The first-order valence-corrected chi connectivity index (χ1v) is 10.7. The molecule has 7 nitrogen and oxygen atoms in total. The van der Waals surface area contributed by atoms with Crippen LogP contribution in [0.5, 0.6) is 5.75 Å². The number of hydrogen-bond donors (Lipinski definition) is 0. The first kappa shape index (κ1) is 19.9. The highest BCUT2D eigenvalue weighted by molar-refractivity contribution is 7.15. The molecule has 8 heteroatoms. The van der Waals surface area contributed by atoms with E-state index in [9.17, 15) is 9.59 Å². The Morgan fingerprint density at radius 1 is 1.03 bits per heavy atom. The molecule has 1 aliphatic heterocycles. The van der Waals surface area contributed by atoms with Crippen molar-refractivity contribution in [2.45, 2.75) is 0 Å². The lowest BCUT2D eigenvalue weighted by Gasteiger charge is -2.13. The van der Waals surface area contributed by atoms with Gasteiger partial charge in [-0.15, -0.1) is 11.7 Å². The molecule has 3 heterocycles. The molecular formula is C24H18N4O3S. The van der Waals surface area contributed by atoms with Gasteiger partial charge in [0.05, 0.1) is 11.3 Å². The largest absolute Gasteiger partial charge is 0.490 e. The lowest BCUT2D eigenvalue weighted by molar-refractivity contribution is -0.112. The van der Waals surface area contributed by atoms with E-state index in [0.29, 0.717) is 39.8 Å². The van der Waals surface area contributed by atoms with Crippen LogP contribution >= 0.6 is 11.3 Å². The van der Waals surface area contributed by atoms with Gasteiger partial charge < -0.3 is 9.64 Å². The molecule has 0 atom stereocenters. The highest BCUT2D eigenvalue weighted by atomic mass is 32.1. The number of ether oxygens (including phenoxy) is 1. The fraction of sp³-hybridized carbons (Fsp3) is 0.0833. The average Bonchev–Trinajstić information content (AvgIpc) is 3.44. The van der Waals surface area contributed by atoms with Gasteiger partial charge in [0.1, 0.15) is 16.9 Å². The van der Waals surface area contributed by atoms with Crippen LogP contribution in [0.25, 0.3) is 21.9 Å². The van der Waals surface area contributed by atoms with Gasteiger partial charge in [-0.2, -0.15) is 9.50 Å². The second-order valence-electron chi connectivity index (χ2n) is 7.09. The van der Waals surface area contributed by atoms with Crippen LogP contribution in [-0.2, 0) is 4.79 Å². The fourth-order valence-corrected chi connectivity index (χ4v) is 4.67. The second kappa shape index (κ2) is 7.90. The van der Waals surface area contributed by atoms with Crippen LogP contribution in [0.2, 0.25) is 0 Å². The molecule has 0 saturated carbocycles. The first-order valence-electron chi connectivity index (χ1n) is 9.92. The van der Waals surface area contributed by atoms with Crippen LogP contribution in [-0.4, -0.2) is 33.7 Å². The van der Waals surface area contributed by atoms with Crippen LogP contribution < -0.4 is 19.7 Å². The number of carbonyl (C=O) groups is 1. The summed E-state index contributed by atoms with van der Waals surface area (Å²) < 4.78 is 7.09. The van der Waals surface area contributed by atoms with E-state index in [1.54, 1.807) is 17.1 Å². The van der Waals surface area contributed by atoms with Crippen LogP contribution in [0.4, 0.5) is 5.69 Å². The van der Waals surface area contributed by atoms with Gasteiger partial charge in [0.25, 0.3) is 11.5 Å². The summed E-state index contributed by atoms with van der Waals surface area (Å²) in [6.07, 6.45) is 3.34. The summed E-state index contributed by atoms with van der Waals surface area (Å²) >= 11 is 1.17. The lowest BCUT2D eigenvalue weighted by atomic mass is 10.1. The van der Waals surface area contributed by atoms with Gasteiger partial charge in [-0.05, 0) is 30.3 Å². The van der Waals surface area contributed by atoms with Crippen molar-refractivity contribution in [1.29, 1.82) is 0 Å². The highest BCUT2D eigenvalue weighted by Gasteiger charge is 2.33. The molecule has 5 rings (SSSR count). The van der Waals surface area contributed by atoms with Gasteiger partial charge in [0, 0.05) is 17.7 Å². The van der Waals surface area contributed by atoms with Crippen LogP contribution in [0, 0.1) is 0 Å². The SMILES string of the molecule is C=CCOc1ccc(-c2nc3sc(=C4C(=O)N(CC=C)c5ccccc54)c(=O)n3n2)cc1. The number of fused-ring (bicyclic) bond motifs is 2. The third kappa shape index (κ3) is 3.12. The number of para-hydroxylation sites is 1. The molecule has 2 aromatic heterocycles. The number of amides is 1.